The topological polar surface area (TPSA) is 49.4 Å². The first-order valence-corrected chi connectivity index (χ1v) is 8.20. The van der Waals surface area contributed by atoms with Gasteiger partial charge in [0, 0.05) is 12.6 Å². The summed E-state index contributed by atoms with van der Waals surface area (Å²) in [5, 5.41) is 3.53. The number of rotatable bonds is 6. The monoisotopic (exact) mass is 278 g/mol. The Labute approximate surface area is 121 Å². The highest BCUT2D eigenvalue weighted by molar-refractivity contribution is 6.05. The summed E-state index contributed by atoms with van der Waals surface area (Å²) in [6, 6.07) is 0.319. The number of carbonyl (C=O) groups is 2. The zero-order valence-electron chi connectivity index (χ0n) is 12.6. The van der Waals surface area contributed by atoms with E-state index in [0.717, 1.165) is 25.8 Å². The third kappa shape index (κ3) is 2.50. The van der Waals surface area contributed by atoms with Gasteiger partial charge in [-0.2, -0.15) is 0 Å². The summed E-state index contributed by atoms with van der Waals surface area (Å²) in [4.78, 5) is 26.5. The molecule has 0 bridgehead atoms. The molecule has 0 aromatic rings. The molecule has 4 nitrogen and oxygen atoms in total. The SMILES string of the molecule is CCCNC(CN1C(=O)C2CC(C)CC2C1=O)C1CC1. The van der Waals surface area contributed by atoms with Gasteiger partial charge in [0.25, 0.3) is 0 Å². The second-order valence-electron chi connectivity index (χ2n) is 6.97. The van der Waals surface area contributed by atoms with Crippen molar-refractivity contribution < 1.29 is 9.59 Å². The fourth-order valence-corrected chi connectivity index (χ4v) is 3.93. The van der Waals surface area contributed by atoms with Gasteiger partial charge in [-0.15, -0.1) is 0 Å². The summed E-state index contributed by atoms with van der Waals surface area (Å²) >= 11 is 0. The molecule has 1 N–H and O–H groups in total. The van der Waals surface area contributed by atoms with Crippen molar-refractivity contribution in [3.05, 3.63) is 0 Å². The lowest BCUT2D eigenvalue weighted by Crippen LogP contribution is -2.45. The fourth-order valence-electron chi connectivity index (χ4n) is 3.93. The second-order valence-corrected chi connectivity index (χ2v) is 6.97. The average Bonchev–Trinajstić information content (AvgIpc) is 3.16. The van der Waals surface area contributed by atoms with E-state index >= 15 is 0 Å². The van der Waals surface area contributed by atoms with Gasteiger partial charge < -0.3 is 5.32 Å². The van der Waals surface area contributed by atoms with Crippen LogP contribution in [0.3, 0.4) is 0 Å². The molecule has 3 fully saturated rings. The number of carbonyl (C=O) groups excluding carboxylic acids is 2. The van der Waals surface area contributed by atoms with Gasteiger partial charge >= 0.3 is 0 Å². The molecule has 2 amide bonds. The Morgan fingerprint density at radius 2 is 1.80 bits per heavy atom. The minimum atomic E-state index is -0.0106. The van der Waals surface area contributed by atoms with Crippen LogP contribution in [0.25, 0.3) is 0 Å². The van der Waals surface area contributed by atoms with Crippen LogP contribution in [0.15, 0.2) is 0 Å². The Morgan fingerprint density at radius 1 is 1.20 bits per heavy atom. The molecule has 1 aliphatic heterocycles. The Hall–Kier alpha value is -0.900. The summed E-state index contributed by atoms with van der Waals surface area (Å²) in [5.41, 5.74) is 0. The number of nitrogens with zero attached hydrogens (tertiary/aromatic N) is 1. The lowest BCUT2D eigenvalue weighted by Gasteiger charge is -2.24. The maximum Gasteiger partial charge on any atom is 0.233 e. The number of amides is 2. The molecular formula is C16H26N2O2. The molecule has 4 heteroatoms. The van der Waals surface area contributed by atoms with Crippen LogP contribution in [0.2, 0.25) is 0 Å². The van der Waals surface area contributed by atoms with Crippen LogP contribution in [0.4, 0.5) is 0 Å². The van der Waals surface area contributed by atoms with Crippen molar-refractivity contribution >= 4 is 11.8 Å². The molecular weight excluding hydrogens is 252 g/mol. The van der Waals surface area contributed by atoms with E-state index in [0.29, 0.717) is 24.4 Å². The zero-order valence-corrected chi connectivity index (χ0v) is 12.6. The number of nitrogens with one attached hydrogen (secondary N) is 1. The van der Waals surface area contributed by atoms with Gasteiger partial charge in [-0.05, 0) is 50.5 Å². The Morgan fingerprint density at radius 3 is 2.30 bits per heavy atom. The predicted octanol–water partition coefficient (Wildman–Crippen LogP) is 1.80. The summed E-state index contributed by atoms with van der Waals surface area (Å²) < 4.78 is 0. The Kier molecular flexibility index (Phi) is 3.85. The van der Waals surface area contributed by atoms with E-state index < -0.39 is 0 Å². The van der Waals surface area contributed by atoms with E-state index in [-0.39, 0.29) is 23.7 Å². The molecule has 2 saturated carbocycles. The van der Waals surface area contributed by atoms with Crippen molar-refractivity contribution in [1.82, 2.24) is 10.2 Å². The van der Waals surface area contributed by atoms with Gasteiger partial charge in [-0.25, -0.2) is 0 Å². The lowest BCUT2D eigenvalue weighted by atomic mass is 10.00. The summed E-state index contributed by atoms with van der Waals surface area (Å²) in [6.07, 6.45) is 5.38. The van der Waals surface area contributed by atoms with Crippen molar-refractivity contribution in [3.8, 4) is 0 Å². The largest absolute Gasteiger partial charge is 0.312 e. The lowest BCUT2D eigenvalue weighted by molar-refractivity contribution is -0.141. The van der Waals surface area contributed by atoms with Gasteiger partial charge in [-0.3, -0.25) is 14.5 Å². The zero-order chi connectivity index (χ0) is 14.3. The fraction of sp³-hybridized carbons (Fsp3) is 0.875. The molecule has 3 rings (SSSR count). The summed E-state index contributed by atoms with van der Waals surface area (Å²) in [6.45, 7) is 5.87. The van der Waals surface area contributed by atoms with Crippen molar-refractivity contribution in [2.45, 2.75) is 52.0 Å². The van der Waals surface area contributed by atoms with Gasteiger partial charge in [-0.1, -0.05) is 13.8 Å². The van der Waals surface area contributed by atoms with E-state index in [4.69, 9.17) is 0 Å². The molecule has 3 atom stereocenters. The standard InChI is InChI=1S/C16H26N2O2/c1-3-6-17-14(11-4-5-11)9-18-15(19)12-7-10(2)8-13(12)16(18)20/h10-14,17H,3-9H2,1-2H3. The van der Waals surface area contributed by atoms with Crippen molar-refractivity contribution in [3.63, 3.8) is 0 Å². The number of imide groups is 1. The Bertz CT molecular complexity index is 381. The van der Waals surface area contributed by atoms with Crippen LogP contribution in [0, 0.1) is 23.7 Å². The van der Waals surface area contributed by atoms with Crippen molar-refractivity contribution in [2.75, 3.05) is 13.1 Å². The van der Waals surface area contributed by atoms with Gasteiger partial charge in [0.2, 0.25) is 11.8 Å². The first kappa shape index (κ1) is 14.1. The highest BCUT2D eigenvalue weighted by atomic mass is 16.2. The minimum absolute atomic E-state index is 0.0106. The van der Waals surface area contributed by atoms with Crippen LogP contribution >= 0.6 is 0 Å². The molecule has 1 heterocycles. The minimum Gasteiger partial charge on any atom is -0.312 e. The highest BCUT2D eigenvalue weighted by Gasteiger charge is 2.52. The second kappa shape index (κ2) is 5.47. The van der Waals surface area contributed by atoms with Crippen LogP contribution in [-0.2, 0) is 9.59 Å². The molecule has 2 aliphatic carbocycles. The molecule has 112 valence electrons. The smallest absolute Gasteiger partial charge is 0.233 e. The molecule has 3 unspecified atom stereocenters. The number of hydrogen-bond donors (Lipinski definition) is 1. The van der Waals surface area contributed by atoms with Crippen molar-refractivity contribution in [2.24, 2.45) is 23.7 Å². The quantitative estimate of drug-likeness (QED) is 0.754. The van der Waals surface area contributed by atoms with Crippen LogP contribution < -0.4 is 5.32 Å². The molecule has 0 radical (unpaired) electrons. The van der Waals surface area contributed by atoms with Crippen LogP contribution in [0.5, 0.6) is 0 Å². The van der Waals surface area contributed by atoms with Crippen LogP contribution in [0.1, 0.15) is 46.0 Å². The van der Waals surface area contributed by atoms with Gasteiger partial charge in [0.1, 0.15) is 0 Å². The third-order valence-electron chi connectivity index (χ3n) is 5.19. The highest BCUT2D eigenvalue weighted by Crippen LogP contribution is 2.43. The summed E-state index contributed by atoms with van der Waals surface area (Å²) in [7, 11) is 0. The maximum absolute atomic E-state index is 12.5. The number of fused-ring (bicyclic) bond motifs is 1. The average molecular weight is 278 g/mol. The molecule has 20 heavy (non-hydrogen) atoms. The summed E-state index contributed by atoms with van der Waals surface area (Å²) in [5.74, 6) is 1.38. The van der Waals surface area contributed by atoms with E-state index in [1.165, 1.54) is 12.8 Å². The van der Waals surface area contributed by atoms with E-state index in [2.05, 4.69) is 19.2 Å². The van der Waals surface area contributed by atoms with E-state index in [9.17, 15) is 9.59 Å². The molecule has 0 spiro atoms. The normalized spacial score (nSPS) is 34.7. The number of hydrogen-bond acceptors (Lipinski definition) is 3. The predicted molar refractivity (Wildman–Crippen MR) is 76.9 cm³/mol. The van der Waals surface area contributed by atoms with Crippen molar-refractivity contribution in [1.29, 1.82) is 0 Å². The molecule has 1 saturated heterocycles. The molecule has 0 aromatic heterocycles. The molecule has 3 aliphatic rings. The Balaban J connectivity index is 1.65. The van der Waals surface area contributed by atoms with Gasteiger partial charge in [0.05, 0.1) is 11.8 Å². The third-order valence-corrected chi connectivity index (χ3v) is 5.19. The van der Waals surface area contributed by atoms with Crippen LogP contribution in [-0.4, -0.2) is 35.8 Å². The first-order valence-electron chi connectivity index (χ1n) is 8.20. The molecule has 0 aromatic carbocycles. The first-order chi connectivity index (χ1) is 9.61. The number of likely N-dealkylation sites (tertiary alicyclic amines) is 1. The maximum atomic E-state index is 12.5. The van der Waals surface area contributed by atoms with E-state index in [1.54, 1.807) is 4.90 Å². The van der Waals surface area contributed by atoms with Gasteiger partial charge in [0.15, 0.2) is 0 Å². The van der Waals surface area contributed by atoms with E-state index in [1.807, 2.05) is 0 Å².